The highest BCUT2D eigenvalue weighted by molar-refractivity contribution is 6.34. The maximum atomic E-state index is 12.2. The van der Waals surface area contributed by atoms with Gasteiger partial charge in [0.05, 0.1) is 10.6 Å². The minimum atomic E-state index is -4.60. The van der Waals surface area contributed by atoms with Gasteiger partial charge in [-0.25, -0.2) is 0 Å². The molecule has 0 radical (unpaired) electrons. The van der Waals surface area contributed by atoms with E-state index in [-0.39, 0.29) is 17.1 Å². The lowest BCUT2D eigenvalue weighted by Gasteiger charge is -2.11. The number of nitrogens with one attached hydrogen (secondary N) is 1. The van der Waals surface area contributed by atoms with Crippen LogP contribution in [-0.2, 0) is 11.0 Å². The third-order valence-electron chi connectivity index (χ3n) is 1.60. The topological polar surface area (TPSA) is 49.3 Å². The predicted molar refractivity (Wildman–Crippen MR) is 47.8 cm³/mol. The standard InChI is InChI=1S/C8H5ClF3NO2/c9-5-1-4(8(10,11)12)2-6(15)7(5)13-3-14/h1-3,15H,(H,13,14). The van der Waals surface area contributed by atoms with Gasteiger partial charge in [0.2, 0.25) is 6.41 Å². The number of aromatic hydroxyl groups is 1. The quantitative estimate of drug-likeness (QED) is 0.616. The summed E-state index contributed by atoms with van der Waals surface area (Å²) >= 11 is 5.44. The number of hydrogen-bond acceptors (Lipinski definition) is 2. The first-order valence-electron chi connectivity index (χ1n) is 3.66. The van der Waals surface area contributed by atoms with Crippen LogP contribution in [0.4, 0.5) is 18.9 Å². The van der Waals surface area contributed by atoms with Crippen molar-refractivity contribution in [2.24, 2.45) is 0 Å². The van der Waals surface area contributed by atoms with Crippen molar-refractivity contribution in [2.45, 2.75) is 6.18 Å². The molecular formula is C8H5ClF3NO2. The number of carbonyl (C=O) groups excluding carboxylic acids is 1. The Balaban J connectivity index is 3.25. The highest BCUT2D eigenvalue weighted by Crippen LogP contribution is 2.39. The van der Waals surface area contributed by atoms with Crippen molar-refractivity contribution in [3.05, 3.63) is 22.7 Å². The Morgan fingerprint density at radius 2 is 2.00 bits per heavy atom. The van der Waals surface area contributed by atoms with Crippen molar-refractivity contribution < 1.29 is 23.1 Å². The molecule has 15 heavy (non-hydrogen) atoms. The fraction of sp³-hybridized carbons (Fsp3) is 0.125. The van der Waals surface area contributed by atoms with Crippen LogP contribution in [0.5, 0.6) is 5.75 Å². The van der Waals surface area contributed by atoms with Gasteiger partial charge in [-0.1, -0.05) is 11.6 Å². The van der Waals surface area contributed by atoms with E-state index in [1.807, 2.05) is 5.32 Å². The van der Waals surface area contributed by atoms with Gasteiger partial charge in [0, 0.05) is 0 Å². The predicted octanol–water partition coefficient (Wildman–Crippen LogP) is 2.63. The summed E-state index contributed by atoms with van der Waals surface area (Å²) in [4.78, 5) is 10.1. The van der Waals surface area contributed by atoms with Crippen molar-refractivity contribution >= 4 is 23.7 Å². The molecule has 0 unspecified atom stereocenters. The molecule has 0 bridgehead atoms. The van der Waals surface area contributed by atoms with Crippen molar-refractivity contribution in [3.8, 4) is 5.75 Å². The van der Waals surface area contributed by atoms with Gasteiger partial charge in [0.1, 0.15) is 11.4 Å². The molecule has 0 atom stereocenters. The zero-order chi connectivity index (χ0) is 11.6. The molecule has 0 saturated carbocycles. The van der Waals surface area contributed by atoms with Crippen LogP contribution >= 0.6 is 11.6 Å². The summed E-state index contributed by atoms with van der Waals surface area (Å²) in [6, 6.07) is 1.10. The first kappa shape index (κ1) is 11.6. The number of amides is 1. The number of halogens is 4. The van der Waals surface area contributed by atoms with Gasteiger partial charge >= 0.3 is 6.18 Å². The van der Waals surface area contributed by atoms with Gasteiger partial charge < -0.3 is 10.4 Å². The zero-order valence-electron chi connectivity index (χ0n) is 7.10. The van der Waals surface area contributed by atoms with Gasteiger partial charge in [-0.2, -0.15) is 13.2 Å². The van der Waals surface area contributed by atoms with Crippen LogP contribution in [0, 0.1) is 0 Å². The van der Waals surface area contributed by atoms with E-state index in [1.165, 1.54) is 0 Å². The average Bonchev–Trinajstić information content (AvgIpc) is 2.09. The number of alkyl halides is 3. The van der Waals surface area contributed by atoms with Crippen LogP contribution in [0.3, 0.4) is 0 Å². The first-order chi connectivity index (χ1) is 6.86. The molecule has 0 aliphatic rings. The molecule has 0 aliphatic heterocycles. The minimum Gasteiger partial charge on any atom is -0.506 e. The molecule has 0 saturated heterocycles. The lowest BCUT2D eigenvalue weighted by atomic mass is 10.2. The lowest BCUT2D eigenvalue weighted by molar-refractivity contribution is -0.137. The van der Waals surface area contributed by atoms with Gasteiger partial charge in [0.25, 0.3) is 0 Å². The SMILES string of the molecule is O=CNc1c(O)cc(C(F)(F)F)cc1Cl. The number of phenols is 1. The third-order valence-corrected chi connectivity index (χ3v) is 1.90. The number of phenolic OH excluding ortho intramolecular Hbond substituents is 1. The third kappa shape index (κ3) is 2.53. The summed E-state index contributed by atoms with van der Waals surface area (Å²) < 4.78 is 36.6. The minimum absolute atomic E-state index is 0.203. The molecule has 1 aromatic carbocycles. The van der Waals surface area contributed by atoms with Crippen molar-refractivity contribution in [3.63, 3.8) is 0 Å². The first-order valence-corrected chi connectivity index (χ1v) is 4.04. The molecule has 1 amide bonds. The van der Waals surface area contributed by atoms with E-state index in [9.17, 15) is 18.0 Å². The fourth-order valence-electron chi connectivity index (χ4n) is 0.958. The Kier molecular flexibility index (Phi) is 3.09. The number of hydrogen-bond donors (Lipinski definition) is 2. The van der Waals surface area contributed by atoms with E-state index in [4.69, 9.17) is 16.7 Å². The Labute approximate surface area is 87.5 Å². The largest absolute Gasteiger partial charge is 0.506 e. The van der Waals surface area contributed by atoms with Crippen LogP contribution in [-0.4, -0.2) is 11.5 Å². The van der Waals surface area contributed by atoms with E-state index >= 15 is 0 Å². The second-order valence-corrected chi connectivity index (χ2v) is 3.02. The zero-order valence-corrected chi connectivity index (χ0v) is 7.86. The summed E-state index contributed by atoms with van der Waals surface area (Å²) in [5.41, 5.74) is -1.33. The molecule has 0 aliphatic carbocycles. The summed E-state index contributed by atoms with van der Waals surface area (Å²) in [6.45, 7) is 0. The maximum Gasteiger partial charge on any atom is 0.416 e. The van der Waals surface area contributed by atoms with Crippen LogP contribution in [0.2, 0.25) is 5.02 Å². The van der Waals surface area contributed by atoms with Gasteiger partial charge in [-0.3, -0.25) is 4.79 Å². The number of anilines is 1. The number of benzene rings is 1. The van der Waals surface area contributed by atoms with E-state index < -0.39 is 17.5 Å². The lowest BCUT2D eigenvalue weighted by Crippen LogP contribution is -2.05. The molecule has 3 nitrogen and oxygen atoms in total. The molecule has 1 aromatic rings. The summed E-state index contributed by atoms with van der Waals surface area (Å²) in [6.07, 6.45) is -4.39. The highest BCUT2D eigenvalue weighted by Gasteiger charge is 2.32. The van der Waals surface area contributed by atoms with Crippen molar-refractivity contribution in [2.75, 3.05) is 5.32 Å². The smallest absolute Gasteiger partial charge is 0.416 e. The fourth-order valence-corrected chi connectivity index (χ4v) is 1.23. The van der Waals surface area contributed by atoms with E-state index in [0.717, 1.165) is 0 Å². The Morgan fingerprint density at radius 3 is 2.40 bits per heavy atom. The molecule has 0 spiro atoms. The van der Waals surface area contributed by atoms with Crippen molar-refractivity contribution in [1.29, 1.82) is 0 Å². The van der Waals surface area contributed by atoms with Crippen molar-refractivity contribution in [1.82, 2.24) is 0 Å². The molecule has 7 heteroatoms. The average molecular weight is 240 g/mol. The number of carbonyl (C=O) groups is 1. The van der Waals surface area contributed by atoms with Crippen LogP contribution in [0.25, 0.3) is 0 Å². The van der Waals surface area contributed by atoms with E-state index in [0.29, 0.717) is 12.1 Å². The number of rotatable bonds is 2. The maximum absolute atomic E-state index is 12.2. The van der Waals surface area contributed by atoms with Gasteiger partial charge in [0.15, 0.2) is 0 Å². The molecule has 0 heterocycles. The molecule has 1 rings (SSSR count). The molecule has 2 N–H and O–H groups in total. The molecule has 0 aromatic heterocycles. The van der Waals surface area contributed by atoms with Gasteiger partial charge in [-0.05, 0) is 12.1 Å². The Hall–Kier alpha value is -1.43. The van der Waals surface area contributed by atoms with Gasteiger partial charge in [-0.15, -0.1) is 0 Å². The second kappa shape index (κ2) is 3.98. The summed E-state index contributed by atoms with van der Waals surface area (Å²) in [7, 11) is 0. The Morgan fingerprint density at radius 1 is 1.40 bits per heavy atom. The van der Waals surface area contributed by atoms with E-state index in [1.54, 1.807) is 0 Å². The highest BCUT2D eigenvalue weighted by atomic mass is 35.5. The monoisotopic (exact) mass is 239 g/mol. The molecule has 82 valence electrons. The summed E-state index contributed by atoms with van der Waals surface area (Å²) in [5.74, 6) is -0.734. The normalized spacial score (nSPS) is 11.2. The molecular weight excluding hydrogens is 235 g/mol. The van der Waals surface area contributed by atoms with Crippen LogP contribution in [0.15, 0.2) is 12.1 Å². The molecule has 0 fully saturated rings. The van der Waals surface area contributed by atoms with Crippen LogP contribution in [0.1, 0.15) is 5.56 Å². The second-order valence-electron chi connectivity index (χ2n) is 2.61. The Bertz CT molecular complexity index is 369. The summed E-state index contributed by atoms with van der Waals surface area (Å²) in [5, 5.41) is 10.8. The van der Waals surface area contributed by atoms with E-state index in [2.05, 4.69) is 0 Å². The van der Waals surface area contributed by atoms with Crippen LogP contribution < -0.4 is 5.32 Å².